The van der Waals surface area contributed by atoms with E-state index in [1.165, 1.54) is 44.2 Å². The van der Waals surface area contributed by atoms with Gasteiger partial charge in [-0.05, 0) is 61.4 Å². The van der Waals surface area contributed by atoms with Crippen LogP contribution in [0.25, 0.3) is 10.9 Å². The van der Waals surface area contributed by atoms with Crippen molar-refractivity contribution in [3.05, 3.63) is 59.0 Å². The molecule has 29 heavy (non-hydrogen) atoms. The first-order valence-corrected chi connectivity index (χ1v) is 11.8. The number of benzene rings is 2. The molecule has 2 aromatic carbocycles. The molecule has 0 aliphatic rings. The van der Waals surface area contributed by atoms with E-state index in [2.05, 4.69) is 0 Å². The number of aliphatic carboxylic acids is 1. The Morgan fingerprint density at radius 2 is 1.55 bits per heavy atom. The number of carboxylic acid groups (broad SMARTS) is 1. The van der Waals surface area contributed by atoms with Crippen LogP contribution in [0.4, 0.5) is 4.39 Å². The van der Waals surface area contributed by atoms with E-state index in [1.54, 1.807) is 0 Å². The molecule has 0 aliphatic carbocycles. The average molecular weight is 439 g/mol. The molecule has 7 nitrogen and oxygen atoms in total. The van der Waals surface area contributed by atoms with Gasteiger partial charge in [-0.3, -0.25) is 4.79 Å². The number of rotatable bonds is 5. The Bertz CT molecular complexity index is 1350. The number of aromatic nitrogens is 1. The first-order chi connectivity index (χ1) is 13.4. The van der Waals surface area contributed by atoms with Gasteiger partial charge in [-0.25, -0.2) is 25.2 Å². The van der Waals surface area contributed by atoms with Gasteiger partial charge in [0.2, 0.25) is 0 Å². The van der Waals surface area contributed by atoms with E-state index in [1.807, 2.05) is 0 Å². The summed E-state index contributed by atoms with van der Waals surface area (Å²) in [5.41, 5.74) is 0.678. The quantitative estimate of drug-likeness (QED) is 0.654. The lowest BCUT2D eigenvalue weighted by atomic mass is 10.0. The molecule has 0 amide bonds. The summed E-state index contributed by atoms with van der Waals surface area (Å²) in [4.78, 5) is 11.1. The lowest BCUT2D eigenvalue weighted by Gasteiger charge is -2.11. The van der Waals surface area contributed by atoms with Gasteiger partial charge in [0.25, 0.3) is 10.0 Å². The van der Waals surface area contributed by atoms with Crippen molar-refractivity contribution < 1.29 is 31.1 Å². The van der Waals surface area contributed by atoms with Gasteiger partial charge >= 0.3 is 5.97 Å². The molecular formula is C19H18FNO6S2. The SMILES string of the molecule is Cc1c(F)ccc2c1c(CC(=O)O)c(C)n2S(=O)(=O)c1ccc(S(C)(=O)=O)cc1. The monoisotopic (exact) mass is 439 g/mol. The minimum Gasteiger partial charge on any atom is -0.481 e. The molecule has 10 heteroatoms. The van der Waals surface area contributed by atoms with Gasteiger partial charge < -0.3 is 5.11 Å². The number of carbonyl (C=O) groups is 1. The fourth-order valence-electron chi connectivity index (χ4n) is 3.35. The van der Waals surface area contributed by atoms with Crippen LogP contribution < -0.4 is 0 Å². The molecule has 0 saturated heterocycles. The third-order valence-corrected chi connectivity index (χ3v) is 7.70. The number of aryl methyl sites for hydroxylation is 1. The predicted molar refractivity (Wildman–Crippen MR) is 105 cm³/mol. The standard InChI is InChI=1S/C19H18FNO6S2/c1-11-16(20)8-9-17-19(11)15(10-18(22)23)12(2)21(17)29(26,27)14-6-4-13(5-7-14)28(3,24)25/h4-9H,10H2,1-3H3,(H,22,23). The van der Waals surface area contributed by atoms with Gasteiger partial charge in [-0.2, -0.15) is 0 Å². The summed E-state index contributed by atoms with van der Waals surface area (Å²) in [6, 6.07) is 7.13. The zero-order valence-corrected chi connectivity index (χ0v) is 17.4. The van der Waals surface area contributed by atoms with Gasteiger partial charge in [0, 0.05) is 17.3 Å². The van der Waals surface area contributed by atoms with Crippen LogP contribution in [0.2, 0.25) is 0 Å². The van der Waals surface area contributed by atoms with Crippen molar-refractivity contribution in [2.75, 3.05) is 6.26 Å². The third kappa shape index (κ3) is 3.53. The number of sulfone groups is 1. The Labute approximate surface area is 167 Å². The molecule has 0 spiro atoms. The summed E-state index contributed by atoms with van der Waals surface area (Å²) in [5.74, 6) is -1.75. The van der Waals surface area contributed by atoms with E-state index in [0.29, 0.717) is 0 Å². The molecule has 0 bridgehead atoms. The Balaban J connectivity index is 2.33. The van der Waals surface area contributed by atoms with Gasteiger partial charge in [-0.15, -0.1) is 0 Å². The smallest absolute Gasteiger partial charge is 0.307 e. The van der Waals surface area contributed by atoms with E-state index >= 15 is 0 Å². The first-order valence-electron chi connectivity index (χ1n) is 8.42. The minimum atomic E-state index is -4.20. The van der Waals surface area contributed by atoms with Crippen LogP contribution in [0, 0.1) is 19.7 Å². The second kappa shape index (κ2) is 6.96. The van der Waals surface area contributed by atoms with Crippen LogP contribution in [0.15, 0.2) is 46.2 Å². The maximum Gasteiger partial charge on any atom is 0.307 e. The summed E-state index contributed by atoms with van der Waals surface area (Å²) in [6.07, 6.45) is 0.539. The second-order valence-electron chi connectivity index (χ2n) is 6.71. The highest BCUT2D eigenvalue weighted by Crippen LogP contribution is 2.33. The number of nitrogens with zero attached hydrogens (tertiary/aromatic N) is 1. The van der Waals surface area contributed by atoms with Crippen LogP contribution in [0.1, 0.15) is 16.8 Å². The van der Waals surface area contributed by atoms with E-state index in [9.17, 15) is 31.1 Å². The molecule has 3 rings (SSSR count). The molecule has 154 valence electrons. The number of hydrogen-bond donors (Lipinski definition) is 1. The van der Waals surface area contributed by atoms with E-state index < -0.39 is 38.1 Å². The molecule has 1 N–H and O–H groups in total. The summed E-state index contributed by atoms with van der Waals surface area (Å²) < 4.78 is 64.9. The lowest BCUT2D eigenvalue weighted by molar-refractivity contribution is -0.136. The second-order valence-corrected chi connectivity index (χ2v) is 10.5. The predicted octanol–water partition coefficient (Wildman–Crippen LogP) is 2.66. The lowest BCUT2D eigenvalue weighted by Crippen LogP contribution is -2.15. The molecule has 0 radical (unpaired) electrons. The molecule has 0 saturated carbocycles. The Morgan fingerprint density at radius 1 is 1.00 bits per heavy atom. The number of carboxylic acids is 1. The van der Waals surface area contributed by atoms with Crippen LogP contribution in [0.5, 0.6) is 0 Å². The number of halogens is 1. The Kier molecular flexibility index (Phi) is 5.04. The largest absolute Gasteiger partial charge is 0.481 e. The van der Waals surface area contributed by atoms with E-state index in [4.69, 9.17) is 0 Å². The normalized spacial score (nSPS) is 12.4. The zero-order chi connectivity index (χ0) is 21.7. The molecule has 0 aliphatic heterocycles. The van der Waals surface area contributed by atoms with E-state index in [-0.39, 0.29) is 37.5 Å². The fourth-order valence-corrected chi connectivity index (χ4v) is 5.55. The highest BCUT2D eigenvalue weighted by Gasteiger charge is 2.27. The van der Waals surface area contributed by atoms with Crippen molar-refractivity contribution in [3.63, 3.8) is 0 Å². The van der Waals surface area contributed by atoms with Crippen molar-refractivity contribution in [1.29, 1.82) is 0 Å². The third-order valence-electron chi connectivity index (χ3n) is 4.76. The fraction of sp³-hybridized carbons (Fsp3) is 0.211. The highest BCUT2D eigenvalue weighted by atomic mass is 32.2. The maximum atomic E-state index is 14.1. The van der Waals surface area contributed by atoms with E-state index in [0.717, 1.165) is 16.3 Å². The Hall–Kier alpha value is -2.72. The Morgan fingerprint density at radius 3 is 2.07 bits per heavy atom. The molecule has 0 atom stereocenters. The van der Waals surface area contributed by atoms with Gasteiger partial charge in [0.15, 0.2) is 9.84 Å². The topological polar surface area (TPSA) is 111 Å². The van der Waals surface area contributed by atoms with Crippen molar-refractivity contribution in [2.45, 2.75) is 30.1 Å². The van der Waals surface area contributed by atoms with Crippen LogP contribution in [-0.2, 0) is 31.1 Å². The highest BCUT2D eigenvalue weighted by molar-refractivity contribution is 7.91. The minimum absolute atomic E-state index is 0.0324. The van der Waals surface area contributed by atoms with Crippen LogP contribution in [-0.4, -0.2) is 38.1 Å². The molecule has 0 unspecified atom stereocenters. The van der Waals surface area contributed by atoms with Crippen LogP contribution in [0.3, 0.4) is 0 Å². The summed E-state index contributed by atoms with van der Waals surface area (Å²) in [5, 5.41) is 9.47. The first kappa shape index (κ1) is 21.0. The average Bonchev–Trinajstić information content (AvgIpc) is 2.90. The zero-order valence-electron chi connectivity index (χ0n) is 15.8. The molecule has 0 fully saturated rings. The van der Waals surface area contributed by atoms with Crippen molar-refractivity contribution in [3.8, 4) is 0 Å². The molecule has 3 aromatic rings. The maximum absolute atomic E-state index is 14.1. The van der Waals surface area contributed by atoms with Crippen molar-refractivity contribution >= 4 is 36.7 Å². The van der Waals surface area contributed by atoms with Gasteiger partial charge in [-0.1, -0.05) is 0 Å². The summed E-state index contributed by atoms with van der Waals surface area (Å²) >= 11 is 0. The summed E-state index contributed by atoms with van der Waals surface area (Å²) in [6.45, 7) is 2.92. The van der Waals surface area contributed by atoms with Crippen LogP contribution >= 0.6 is 0 Å². The van der Waals surface area contributed by atoms with Gasteiger partial charge in [0.05, 0.1) is 21.7 Å². The molecule has 1 heterocycles. The molecule has 1 aromatic heterocycles. The molecular weight excluding hydrogens is 421 g/mol. The number of fused-ring (bicyclic) bond motifs is 1. The van der Waals surface area contributed by atoms with Crippen molar-refractivity contribution in [2.24, 2.45) is 0 Å². The summed E-state index contributed by atoms with van der Waals surface area (Å²) in [7, 11) is -7.70. The van der Waals surface area contributed by atoms with Gasteiger partial charge in [0.1, 0.15) is 5.82 Å². The van der Waals surface area contributed by atoms with Crippen molar-refractivity contribution in [1.82, 2.24) is 3.97 Å². The number of hydrogen-bond acceptors (Lipinski definition) is 5.